The molecule has 0 aromatic rings. The van der Waals surface area contributed by atoms with Crippen molar-refractivity contribution >= 4 is 11.9 Å². The van der Waals surface area contributed by atoms with Gasteiger partial charge in [-0.3, -0.25) is 9.59 Å². The van der Waals surface area contributed by atoms with Crippen LogP contribution in [0.2, 0.25) is 0 Å². The second-order valence-electron chi connectivity index (χ2n) is 6.76. The highest BCUT2D eigenvalue weighted by Gasteiger charge is 2.32. The molecule has 0 bridgehead atoms. The van der Waals surface area contributed by atoms with Gasteiger partial charge in [0, 0.05) is 12.5 Å². The van der Waals surface area contributed by atoms with E-state index in [1.807, 2.05) is 0 Å². The maximum Gasteiger partial charge on any atom is 0.306 e. The van der Waals surface area contributed by atoms with Crippen LogP contribution in [0.1, 0.15) is 53.4 Å². The molecular weight excluding hydrogens is 242 g/mol. The van der Waals surface area contributed by atoms with Gasteiger partial charge in [0.1, 0.15) is 0 Å². The zero-order valence-electron chi connectivity index (χ0n) is 12.5. The first kappa shape index (κ1) is 16.0. The first-order valence-corrected chi connectivity index (χ1v) is 7.24. The average molecular weight is 269 g/mol. The Bertz CT molecular complexity index is 336. The summed E-state index contributed by atoms with van der Waals surface area (Å²) < 4.78 is 0. The third-order valence-corrected chi connectivity index (χ3v) is 4.68. The van der Waals surface area contributed by atoms with Crippen LogP contribution in [0.15, 0.2) is 0 Å². The van der Waals surface area contributed by atoms with Crippen molar-refractivity contribution in [3.63, 3.8) is 0 Å². The smallest absolute Gasteiger partial charge is 0.306 e. The molecule has 1 amide bonds. The number of carboxylic acids is 1. The summed E-state index contributed by atoms with van der Waals surface area (Å²) in [5.41, 5.74) is 0.0660. The summed E-state index contributed by atoms with van der Waals surface area (Å²) >= 11 is 0. The highest BCUT2D eigenvalue weighted by atomic mass is 16.4. The number of hydrogen-bond acceptors (Lipinski definition) is 2. The minimum Gasteiger partial charge on any atom is -0.481 e. The number of carbonyl (C=O) groups excluding carboxylic acids is 1. The molecule has 0 aromatic heterocycles. The Balaban J connectivity index is 2.47. The van der Waals surface area contributed by atoms with Gasteiger partial charge in [-0.15, -0.1) is 0 Å². The number of hydrogen-bond donors (Lipinski definition) is 2. The molecule has 1 saturated carbocycles. The molecule has 0 saturated heterocycles. The van der Waals surface area contributed by atoms with E-state index in [0.717, 1.165) is 12.8 Å². The van der Waals surface area contributed by atoms with E-state index in [-0.39, 0.29) is 23.2 Å². The van der Waals surface area contributed by atoms with Gasteiger partial charge in [-0.1, -0.05) is 34.1 Å². The van der Waals surface area contributed by atoms with Crippen molar-refractivity contribution in [3.05, 3.63) is 0 Å². The van der Waals surface area contributed by atoms with E-state index in [2.05, 4.69) is 33.0 Å². The molecule has 19 heavy (non-hydrogen) atoms. The molecule has 2 unspecified atom stereocenters. The topological polar surface area (TPSA) is 66.4 Å². The van der Waals surface area contributed by atoms with Gasteiger partial charge in [0.25, 0.3) is 0 Å². The SMILES string of the molecule is CC(C)C(C)(C)CNC(=O)C1CCCC(C(=O)O)C1. The zero-order valence-corrected chi connectivity index (χ0v) is 12.5. The Morgan fingerprint density at radius 1 is 1.26 bits per heavy atom. The Hall–Kier alpha value is -1.06. The lowest BCUT2D eigenvalue weighted by molar-refractivity contribution is -0.144. The lowest BCUT2D eigenvalue weighted by atomic mass is 9.79. The Kier molecular flexibility index (Phi) is 5.39. The quantitative estimate of drug-likeness (QED) is 0.806. The molecular formula is C15H27NO3. The molecule has 4 nitrogen and oxygen atoms in total. The number of nitrogens with one attached hydrogen (secondary N) is 1. The van der Waals surface area contributed by atoms with Crippen LogP contribution in [0.3, 0.4) is 0 Å². The van der Waals surface area contributed by atoms with Crippen molar-refractivity contribution in [1.82, 2.24) is 5.32 Å². The van der Waals surface area contributed by atoms with Gasteiger partial charge >= 0.3 is 5.97 Å². The summed E-state index contributed by atoms with van der Waals surface area (Å²) in [6, 6.07) is 0. The van der Waals surface area contributed by atoms with Crippen LogP contribution in [0, 0.1) is 23.2 Å². The van der Waals surface area contributed by atoms with Crippen molar-refractivity contribution in [2.24, 2.45) is 23.2 Å². The maximum atomic E-state index is 12.1. The van der Waals surface area contributed by atoms with Crippen LogP contribution in [-0.2, 0) is 9.59 Å². The van der Waals surface area contributed by atoms with E-state index in [0.29, 0.717) is 25.3 Å². The molecule has 0 heterocycles. The second-order valence-corrected chi connectivity index (χ2v) is 6.76. The van der Waals surface area contributed by atoms with Crippen LogP contribution in [0.4, 0.5) is 0 Å². The van der Waals surface area contributed by atoms with Gasteiger partial charge in [-0.25, -0.2) is 0 Å². The lowest BCUT2D eigenvalue weighted by Gasteiger charge is -2.31. The molecule has 1 fully saturated rings. The maximum absolute atomic E-state index is 12.1. The van der Waals surface area contributed by atoms with E-state index < -0.39 is 5.97 Å². The minimum atomic E-state index is -0.764. The third kappa shape index (κ3) is 4.51. The highest BCUT2D eigenvalue weighted by molar-refractivity contribution is 5.80. The number of rotatable bonds is 5. The molecule has 2 N–H and O–H groups in total. The Labute approximate surface area is 116 Å². The summed E-state index contributed by atoms with van der Waals surface area (Å²) in [6.45, 7) is 9.22. The largest absolute Gasteiger partial charge is 0.481 e. The van der Waals surface area contributed by atoms with Gasteiger partial charge < -0.3 is 10.4 Å². The molecule has 110 valence electrons. The molecule has 1 rings (SSSR count). The van der Waals surface area contributed by atoms with E-state index in [4.69, 9.17) is 5.11 Å². The standard InChI is InChI=1S/C15H27NO3/c1-10(2)15(3,4)9-16-13(17)11-6-5-7-12(8-11)14(18)19/h10-12H,5-9H2,1-4H3,(H,16,17)(H,18,19). The summed E-state index contributed by atoms with van der Waals surface area (Å²) in [4.78, 5) is 23.1. The van der Waals surface area contributed by atoms with Crippen molar-refractivity contribution < 1.29 is 14.7 Å². The van der Waals surface area contributed by atoms with Gasteiger partial charge in [0.15, 0.2) is 0 Å². The normalized spacial score (nSPS) is 24.3. The highest BCUT2D eigenvalue weighted by Crippen LogP contribution is 2.30. The van der Waals surface area contributed by atoms with Crippen LogP contribution < -0.4 is 5.32 Å². The van der Waals surface area contributed by atoms with Gasteiger partial charge in [-0.05, 0) is 30.6 Å². The monoisotopic (exact) mass is 269 g/mol. The van der Waals surface area contributed by atoms with Crippen molar-refractivity contribution in [2.75, 3.05) is 6.54 Å². The molecule has 1 aliphatic carbocycles. The van der Waals surface area contributed by atoms with Crippen molar-refractivity contribution in [3.8, 4) is 0 Å². The summed E-state index contributed by atoms with van der Waals surface area (Å²) in [7, 11) is 0. The lowest BCUT2D eigenvalue weighted by Crippen LogP contribution is -2.41. The van der Waals surface area contributed by atoms with Crippen LogP contribution in [0.5, 0.6) is 0 Å². The molecule has 4 heteroatoms. The number of carbonyl (C=O) groups is 2. The summed E-state index contributed by atoms with van der Waals surface area (Å²) in [6.07, 6.45) is 2.85. The molecule has 1 aliphatic rings. The number of amides is 1. The van der Waals surface area contributed by atoms with Crippen molar-refractivity contribution in [2.45, 2.75) is 53.4 Å². The first-order chi connectivity index (χ1) is 8.74. The van der Waals surface area contributed by atoms with E-state index in [1.54, 1.807) is 0 Å². The van der Waals surface area contributed by atoms with E-state index in [1.165, 1.54) is 0 Å². The summed E-state index contributed by atoms with van der Waals surface area (Å²) in [5.74, 6) is -0.717. The van der Waals surface area contributed by atoms with Crippen LogP contribution >= 0.6 is 0 Å². The van der Waals surface area contributed by atoms with Crippen LogP contribution in [-0.4, -0.2) is 23.5 Å². The fourth-order valence-corrected chi connectivity index (χ4v) is 2.32. The van der Waals surface area contributed by atoms with Gasteiger partial charge in [0.05, 0.1) is 5.92 Å². The summed E-state index contributed by atoms with van der Waals surface area (Å²) in [5, 5.41) is 12.0. The third-order valence-electron chi connectivity index (χ3n) is 4.68. The minimum absolute atomic E-state index is 0.0275. The predicted octanol–water partition coefficient (Wildman–Crippen LogP) is 2.68. The number of carboxylic acid groups (broad SMARTS) is 1. The average Bonchev–Trinajstić information content (AvgIpc) is 2.36. The van der Waals surface area contributed by atoms with E-state index >= 15 is 0 Å². The molecule has 0 aromatic carbocycles. The molecule has 2 atom stereocenters. The second kappa shape index (κ2) is 6.40. The predicted molar refractivity (Wildman–Crippen MR) is 74.7 cm³/mol. The van der Waals surface area contributed by atoms with E-state index in [9.17, 15) is 9.59 Å². The van der Waals surface area contributed by atoms with Crippen LogP contribution in [0.25, 0.3) is 0 Å². The fraction of sp³-hybridized carbons (Fsp3) is 0.867. The number of aliphatic carboxylic acids is 1. The molecule has 0 radical (unpaired) electrons. The van der Waals surface area contributed by atoms with Gasteiger partial charge in [0.2, 0.25) is 5.91 Å². The Morgan fingerprint density at radius 2 is 1.84 bits per heavy atom. The Morgan fingerprint density at radius 3 is 2.37 bits per heavy atom. The van der Waals surface area contributed by atoms with Gasteiger partial charge in [-0.2, -0.15) is 0 Å². The first-order valence-electron chi connectivity index (χ1n) is 7.24. The molecule has 0 aliphatic heterocycles. The zero-order chi connectivity index (χ0) is 14.6. The molecule has 0 spiro atoms. The fourth-order valence-electron chi connectivity index (χ4n) is 2.32. The van der Waals surface area contributed by atoms with Crippen molar-refractivity contribution in [1.29, 1.82) is 0 Å².